The quantitative estimate of drug-likeness (QED) is 0.503. The molecule has 0 aromatic rings. The smallest absolute Gasteiger partial charge is 0.0854 e. The van der Waals surface area contributed by atoms with Gasteiger partial charge in [-0.15, -0.1) is 0 Å². The van der Waals surface area contributed by atoms with Gasteiger partial charge in [-0.3, -0.25) is 4.90 Å². The Morgan fingerprint density at radius 2 is 2.20 bits per heavy atom. The van der Waals surface area contributed by atoms with Crippen LogP contribution in [0.4, 0.5) is 0 Å². The van der Waals surface area contributed by atoms with Gasteiger partial charge < -0.3 is 4.74 Å². The first-order valence-corrected chi connectivity index (χ1v) is 4.14. The number of ether oxygens (including phenoxy) is 1. The van der Waals surface area contributed by atoms with Crippen LogP contribution < -0.4 is 0 Å². The summed E-state index contributed by atoms with van der Waals surface area (Å²) in [5, 5.41) is 1.67. The molecule has 1 heterocycles. The summed E-state index contributed by atoms with van der Waals surface area (Å²) in [6, 6.07) is 0. The molecule has 1 saturated heterocycles. The van der Waals surface area contributed by atoms with Gasteiger partial charge in [-0.1, -0.05) is 0 Å². The highest BCUT2D eigenvalue weighted by atomic mass is 32.1. The van der Waals surface area contributed by atoms with Gasteiger partial charge in [0.2, 0.25) is 0 Å². The second-order valence-corrected chi connectivity index (χ2v) is 2.70. The molecule has 0 bridgehead atoms. The number of morpholine rings is 1. The van der Waals surface area contributed by atoms with Gasteiger partial charge in [-0.2, -0.15) is 0 Å². The highest BCUT2D eigenvalue weighted by Crippen LogP contribution is 1.93. The van der Waals surface area contributed by atoms with E-state index in [2.05, 4.69) is 4.90 Å². The zero-order chi connectivity index (χ0) is 7.23. The van der Waals surface area contributed by atoms with Crippen molar-refractivity contribution in [2.75, 3.05) is 32.8 Å². The third-order valence-corrected chi connectivity index (χ3v) is 1.79. The van der Waals surface area contributed by atoms with Crippen LogP contribution in [0.15, 0.2) is 0 Å². The molecule has 10 heavy (non-hydrogen) atoms. The lowest BCUT2D eigenvalue weighted by atomic mass is 10.4. The van der Waals surface area contributed by atoms with E-state index in [0.717, 1.165) is 32.8 Å². The molecule has 0 amide bonds. The van der Waals surface area contributed by atoms with Gasteiger partial charge in [0.15, 0.2) is 0 Å². The number of nitrogens with zero attached hydrogens (tertiary/aromatic N) is 1. The molecule has 0 radical (unpaired) electrons. The molecule has 0 atom stereocenters. The van der Waals surface area contributed by atoms with Crippen molar-refractivity contribution < 1.29 is 8.95 Å². The van der Waals surface area contributed by atoms with E-state index in [9.17, 15) is 4.21 Å². The van der Waals surface area contributed by atoms with Crippen molar-refractivity contribution in [1.29, 1.82) is 0 Å². The lowest BCUT2D eigenvalue weighted by Crippen LogP contribution is -2.37. The maximum Gasteiger partial charge on any atom is 0.0854 e. The Balaban J connectivity index is 2.19. The lowest BCUT2D eigenvalue weighted by Gasteiger charge is -2.24. The first-order valence-electron chi connectivity index (χ1n) is 3.34. The van der Waals surface area contributed by atoms with Crippen LogP contribution >= 0.6 is 0 Å². The molecular weight excluding hydrogens is 150 g/mol. The molecule has 0 aromatic heterocycles. The minimum Gasteiger partial charge on any atom is -0.379 e. The average Bonchev–Trinajstić information content (AvgIpc) is 2.03. The van der Waals surface area contributed by atoms with E-state index in [4.69, 9.17) is 4.74 Å². The summed E-state index contributed by atoms with van der Waals surface area (Å²) in [6.07, 6.45) is 0. The van der Waals surface area contributed by atoms with Crippen molar-refractivity contribution in [2.45, 2.75) is 0 Å². The number of rotatable bonds is 2. The Morgan fingerprint density at radius 3 is 2.80 bits per heavy atom. The number of hydrogen-bond donors (Lipinski definition) is 0. The van der Waals surface area contributed by atoms with Gasteiger partial charge in [0.1, 0.15) is 0 Å². The summed E-state index contributed by atoms with van der Waals surface area (Å²) in [5.41, 5.74) is 0. The molecule has 1 aliphatic heterocycles. The van der Waals surface area contributed by atoms with Gasteiger partial charge in [0.05, 0.1) is 24.5 Å². The Bertz CT molecular complexity index is 139. The summed E-state index contributed by atoms with van der Waals surface area (Å²) in [7, 11) is 0. The summed E-state index contributed by atoms with van der Waals surface area (Å²) < 4.78 is 15.1. The third kappa shape index (κ3) is 2.60. The van der Waals surface area contributed by atoms with Crippen LogP contribution in [0.3, 0.4) is 0 Å². The molecule has 0 aromatic carbocycles. The predicted molar refractivity (Wildman–Crippen MR) is 41.5 cm³/mol. The Labute approximate surface area is 64.0 Å². The Morgan fingerprint density at radius 1 is 1.50 bits per heavy atom. The van der Waals surface area contributed by atoms with E-state index < -0.39 is 0 Å². The minimum absolute atomic E-state index is 0.538. The van der Waals surface area contributed by atoms with Crippen LogP contribution in [0.1, 0.15) is 0 Å². The molecule has 0 aliphatic carbocycles. The van der Waals surface area contributed by atoms with Crippen LogP contribution in [0.2, 0.25) is 0 Å². The molecule has 1 fully saturated rings. The molecule has 0 N–H and O–H groups in total. The zero-order valence-electron chi connectivity index (χ0n) is 5.78. The summed E-state index contributed by atoms with van der Waals surface area (Å²) in [6.45, 7) is 4.31. The maximum atomic E-state index is 9.98. The highest BCUT2D eigenvalue weighted by Gasteiger charge is 2.07. The SMILES string of the molecule is O=S=CCN1CCOCC1. The molecule has 0 saturated carbocycles. The largest absolute Gasteiger partial charge is 0.379 e. The average molecular weight is 161 g/mol. The second-order valence-electron chi connectivity index (χ2n) is 2.18. The fraction of sp³-hybridized carbons (Fsp3) is 0.833. The number of hydrogen-bond acceptors (Lipinski definition) is 3. The van der Waals surface area contributed by atoms with Crippen LogP contribution in [0.5, 0.6) is 0 Å². The maximum absolute atomic E-state index is 9.98. The van der Waals surface area contributed by atoms with Crippen LogP contribution in [-0.4, -0.2) is 47.3 Å². The highest BCUT2D eigenvalue weighted by molar-refractivity contribution is 7.64. The molecule has 58 valence electrons. The van der Waals surface area contributed by atoms with E-state index in [1.54, 1.807) is 5.37 Å². The summed E-state index contributed by atoms with van der Waals surface area (Å²) >= 11 is 0.538. The molecule has 1 aliphatic rings. The Kier molecular flexibility index (Phi) is 3.64. The normalized spacial score (nSPS) is 20.4. The van der Waals surface area contributed by atoms with E-state index in [1.807, 2.05) is 0 Å². The predicted octanol–water partition coefficient (Wildman–Crippen LogP) is -0.666. The van der Waals surface area contributed by atoms with Gasteiger partial charge in [-0.05, 0) is 0 Å². The fourth-order valence-corrected chi connectivity index (χ4v) is 1.19. The van der Waals surface area contributed by atoms with Crippen molar-refractivity contribution in [3.63, 3.8) is 0 Å². The van der Waals surface area contributed by atoms with Crippen molar-refractivity contribution in [1.82, 2.24) is 4.90 Å². The van der Waals surface area contributed by atoms with Crippen molar-refractivity contribution in [2.24, 2.45) is 0 Å². The van der Waals surface area contributed by atoms with E-state index >= 15 is 0 Å². The van der Waals surface area contributed by atoms with Gasteiger partial charge >= 0.3 is 0 Å². The molecule has 0 spiro atoms. The van der Waals surface area contributed by atoms with Crippen molar-refractivity contribution >= 4 is 16.6 Å². The monoisotopic (exact) mass is 161 g/mol. The molecular formula is C6H11NO2S. The first kappa shape index (κ1) is 7.91. The standard InChI is InChI=1S/C6H11NO2S/c8-10-6-3-7-1-4-9-5-2-7/h6H,1-5H2. The Hall–Kier alpha value is -0.190. The molecule has 0 unspecified atom stereocenters. The molecule has 3 nitrogen and oxygen atoms in total. The lowest BCUT2D eigenvalue weighted by molar-refractivity contribution is 0.0459. The third-order valence-electron chi connectivity index (χ3n) is 1.50. The van der Waals surface area contributed by atoms with E-state index in [0.29, 0.717) is 11.3 Å². The van der Waals surface area contributed by atoms with Crippen molar-refractivity contribution in [3.05, 3.63) is 0 Å². The van der Waals surface area contributed by atoms with E-state index in [-0.39, 0.29) is 0 Å². The van der Waals surface area contributed by atoms with Crippen LogP contribution in [-0.2, 0) is 16.0 Å². The van der Waals surface area contributed by atoms with Crippen molar-refractivity contribution in [3.8, 4) is 0 Å². The minimum atomic E-state index is 0.538. The van der Waals surface area contributed by atoms with Gasteiger partial charge in [0.25, 0.3) is 0 Å². The zero-order valence-corrected chi connectivity index (χ0v) is 6.60. The van der Waals surface area contributed by atoms with E-state index in [1.165, 1.54) is 0 Å². The summed E-state index contributed by atoms with van der Waals surface area (Å²) in [4.78, 5) is 2.20. The summed E-state index contributed by atoms with van der Waals surface area (Å²) in [5.74, 6) is 0. The van der Waals surface area contributed by atoms with Gasteiger partial charge in [-0.25, -0.2) is 4.21 Å². The first-order chi connectivity index (χ1) is 4.93. The second kappa shape index (κ2) is 4.60. The topological polar surface area (TPSA) is 29.5 Å². The fourth-order valence-electron chi connectivity index (χ4n) is 0.920. The molecule has 4 heteroatoms. The van der Waals surface area contributed by atoms with Crippen LogP contribution in [0, 0.1) is 0 Å². The van der Waals surface area contributed by atoms with Crippen LogP contribution in [0.25, 0.3) is 0 Å². The van der Waals surface area contributed by atoms with Gasteiger partial charge in [0, 0.05) is 25.0 Å². The molecule has 1 rings (SSSR count).